The van der Waals surface area contributed by atoms with Gasteiger partial charge >= 0.3 is 0 Å². The van der Waals surface area contributed by atoms with Crippen LogP contribution in [0.1, 0.15) is 15.9 Å². The van der Waals surface area contributed by atoms with E-state index in [0.717, 1.165) is 11.3 Å². The highest BCUT2D eigenvalue weighted by Crippen LogP contribution is 2.34. The van der Waals surface area contributed by atoms with Crippen LogP contribution in [0, 0.1) is 0 Å². The number of benzene rings is 2. The first-order valence-electron chi connectivity index (χ1n) is 11.2. The maximum absolute atomic E-state index is 13.5. The second kappa shape index (κ2) is 8.98. The zero-order valence-corrected chi connectivity index (χ0v) is 19.7. The summed E-state index contributed by atoms with van der Waals surface area (Å²) in [6, 6.07) is 15.9. The lowest BCUT2D eigenvalue weighted by atomic mass is 10.1. The van der Waals surface area contributed by atoms with E-state index in [-0.39, 0.29) is 16.4 Å². The molecule has 176 valence electrons. The molecule has 0 spiro atoms. The fraction of sp³-hybridized carbons (Fsp3) is 0.280. The number of piperazine rings is 1. The molecule has 1 amide bonds. The highest BCUT2D eigenvalue weighted by molar-refractivity contribution is 7.92. The summed E-state index contributed by atoms with van der Waals surface area (Å²) >= 11 is 0. The lowest BCUT2D eigenvalue weighted by Gasteiger charge is -2.36. The minimum Gasteiger partial charge on any atom is -0.496 e. The van der Waals surface area contributed by atoms with Gasteiger partial charge in [0.25, 0.3) is 15.9 Å². The van der Waals surface area contributed by atoms with Crippen LogP contribution >= 0.6 is 0 Å². The number of fused-ring (bicyclic) bond motifs is 1. The van der Waals surface area contributed by atoms with E-state index < -0.39 is 10.0 Å². The van der Waals surface area contributed by atoms with Gasteiger partial charge in [-0.15, -0.1) is 0 Å². The van der Waals surface area contributed by atoms with Crippen molar-refractivity contribution in [2.45, 2.75) is 11.3 Å². The molecule has 0 saturated carbocycles. The third-order valence-electron chi connectivity index (χ3n) is 6.43. The van der Waals surface area contributed by atoms with Crippen molar-refractivity contribution < 1.29 is 17.9 Å². The predicted octanol–water partition coefficient (Wildman–Crippen LogP) is 2.80. The Hall–Kier alpha value is -3.59. The molecule has 0 radical (unpaired) electrons. The molecule has 3 heterocycles. The van der Waals surface area contributed by atoms with Crippen LogP contribution in [0.4, 0.5) is 11.4 Å². The van der Waals surface area contributed by atoms with Crippen LogP contribution in [0.3, 0.4) is 0 Å². The van der Waals surface area contributed by atoms with Gasteiger partial charge in [-0.3, -0.25) is 14.1 Å². The number of aromatic nitrogens is 1. The van der Waals surface area contributed by atoms with Gasteiger partial charge in [-0.1, -0.05) is 18.2 Å². The van der Waals surface area contributed by atoms with Crippen LogP contribution in [-0.2, 0) is 16.4 Å². The first-order valence-corrected chi connectivity index (χ1v) is 12.7. The highest BCUT2D eigenvalue weighted by Gasteiger charge is 2.32. The molecule has 9 heteroatoms. The van der Waals surface area contributed by atoms with Crippen molar-refractivity contribution in [3.8, 4) is 5.75 Å². The van der Waals surface area contributed by atoms with Crippen molar-refractivity contribution in [2.75, 3.05) is 49.0 Å². The van der Waals surface area contributed by atoms with Gasteiger partial charge in [-0.05, 0) is 48.4 Å². The maximum Gasteiger partial charge on any atom is 0.264 e. The van der Waals surface area contributed by atoms with Gasteiger partial charge in [0.2, 0.25) is 0 Å². The SMILES string of the molecule is COc1ccc(S(=O)(=O)N2CCc3ccccc32)cc1C(=O)N1CCN(c2ccncc2)CC1. The summed E-state index contributed by atoms with van der Waals surface area (Å²) in [6.07, 6.45) is 4.17. The minimum atomic E-state index is -3.82. The molecule has 2 aliphatic rings. The second-order valence-electron chi connectivity index (χ2n) is 8.30. The number of nitrogens with zero attached hydrogens (tertiary/aromatic N) is 4. The number of anilines is 2. The number of rotatable bonds is 5. The Balaban J connectivity index is 1.39. The second-order valence-corrected chi connectivity index (χ2v) is 10.2. The van der Waals surface area contributed by atoms with Gasteiger partial charge < -0.3 is 14.5 Å². The molecule has 0 aliphatic carbocycles. The summed E-state index contributed by atoms with van der Waals surface area (Å²) in [4.78, 5) is 21.5. The normalized spacial score (nSPS) is 15.9. The van der Waals surface area contributed by atoms with Crippen molar-refractivity contribution >= 4 is 27.3 Å². The van der Waals surface area contributed by atoms with E-state index in [0.29, 0.717) is 50.6 Å². The molecule has 1 saturated heterocycles. The van der Waals surface area contributed by atoms with Crippen molar-refractivity contribution in [3.63, 3.8) is 0 Å². The summed E-state index contributed by atoms with van der Waals surface area (Å²) < 4.78 is 33.8. The van der Waals surface area contributed by atoms with E-state index in [1.807, 2.05) is 36.4 Å². The molecule has 1 aromatic heterocycles. The minimum absolute atomic E-state index is 0.0868. The number of ether oxygens (including phenoxy) is 1. The lowest BCUT2D eigenvalue weighted by Crippen LogP contribution is -2.48. The van der Waals surface area contributed by atoms with E-state index in [1.54, 1.807) is 23.4 Å². The predicted molar refractivity (Wildman–Crippen MR) is 130 cm³/mol. The molecular formula is C25H26N4O4S. The molecule has 0 N–H and O–H groups in total. The number of carbonyl (C=O) groups is 1. The smallest absolute Gasteiger partial charge is 0.264 e. The molecular weight excluding hydrogens is 452 g/mol. The van der Waals surface area contributed by atoms with Crippen LogP contribution in [0.5, 0.6) is 5.75 Å². The van der Waals surface area contributed by atoms with E-state index in [1.165, 1.54) is 23.5 Å². The Bertz CT molecular complexity index is 1310. The van der Waals surface area contributed by atoms with Crippen LogP contribution in [0.25, 0.3) is 0 Å². The van der Waals surface area contributed by atoms with Crippen molar-refractivity contribution in [3.05, 3.63) is 78.1 Å². The molecule has 0 unspecified atom stereocenters. The summed E-state index contributed by atoms with van der Waals surface area (Å²) in [7, 11) is -2.33. The number of hydrogen-bond donors (Lipinski definition) is 0. The van der Waals surface area contributed by atoms with Gasteiger partial charge in [-0.2, -0.15) is 0 Å². The third kappa shape index (κ3) is 3.96. The largest absolute Gasteiger partial charge is 0.496 e. The van der Waals surface area contributed by atoms with E-state index >= 15 is 0 Å². The lowest BCUT2D eigenvalue weighted by molar-refractivity contribution is 0.0743. The molecule has 0 bridgehead atoms. The van der Waals surface area contributed by atoms with Crippen molar-refractivity contribution in [1.29, 1.82) is 0 Å². The number of para-hydroxylation sites is 1. The first kappa shape index (κ1) is 22.2. The van der Waals surface area contributed by atoms with E-state index in [4.69, 9.17) is 4.74 Å². The Morgan fingerprint density at radius 2 is 1.68 bits per heavy atom. The van der Waals surface area contributed by atoms with E-state index in [2.05, 4.69) is 9.88 Å². The van der Waals surface area contributed by atoms with Crippen LogP contribution in [-0.4, -0.2) is 64.0 Å². The van der Waals surface area contributed by atoms with Crippen LogP contribution in [0.2, 0.25) is 0 Å². The summed E-state index contributed by atoms with van der Waals surface area (Å²) in [5, 5.41) is 0. The first-order chi connectivity index (χ1) is 16.5. The monoisotopic (exact) mass is 478 g/mol. The van der Waals surface area contributed by atoms with E-state index in [9.17, 15) is 13.2 Å². The number of sulfonamides is 1. The highest BCUT2D eigenvalue weighted by atomic mass is 32.2. The fourth-order valence-corrected chi connectivity index (χ4v) is 6.12. The maximum atomic E-state index is 13.5. The summed E-state index contributed by atoms with van der Waals surface area (Å²) in [5.74, 6) is 0.132. The van der Waals surface area contributed by atoms with Crippen LogP contribution in [0.15, 0.2) is 71.9 Å². The van der Waals surface area contributed by atoms with Gasteiger partial charge in [0, 0.05) is 50.8 Å². The van der Waals surface area contributed by atoms with Gasteiger partial charge in [0.1, 0.15) is 5.75 Å². The standard InChI is InChI=1S/C25H26N4O4S/c1-33-24-7-6-21(34(31,32)29-13-10-19-4-2-3-5-23(19)29)18-22(24)25(30)28-16-14-27(15-17-28)20-8-11-26-12-9-20/h2-9,11-12,18H,10,13-17H2,1H3. The number of methoxy groups -OCH3 is 1. The van der Waals surface area contributed by atoms with Gasteiger partial charge in [0.05, 0.1) is 23.3 Å². The Morgan fingerprint density at radius 1 is 0.941 bits per heavy atom. The number of carbonyl (C=O) groups excluding carboxylic acids is 1. The van der Waals surface area contributed by atoms with Gasteiger partial charge in [-0.25, -0.2) is 8.42 Å². The molecule has 8 nitrogen and oxygen atoms in total. The zero-order chi connectivity index (χ0) is 23.7. The molecule has 34 heavy (non-hydrogen) atoms. The number of amides is 1. The number of hydrogen-bond acceptors (Lipinski definition) is 6. The average molecular weight is 479 g/mol. The zero-order valence-electron chi connectivity index (χ0n) is 18.9. The topological polar surface area (TPSA) is 83.0 Å². The fourth-order valence-electron chi connectivity index (χ4n) is 4.59. The molecule has 2 aliphatic heterocycles. The van der Waals surface area contributed by atoms with Crippen molar-refractivity contribution in [2.24, 2.45) is 0 Å². The Morgan fingerprint density at radius 3 is 2.41 bits per heavy atom. The number of pyridine rings is 1. The molecule has 5 rings (SSSR count). The molecule has 3 aromatic rings. The Labute approximate surface area is 199 Å². The average Bonchev–Trinajstić information content (AvgIpc) is 3.34. The molecule has 2 aromatic carbocycles. The Kier molecular flexibility index (Phi) is 5.87. The third-order valence-corrected chi connectivity index (χ3v) is 8.24. The molecule has 0 atom stereocenters. The quantitative estimate of drug-likeness (QED) is 0.561. The summed E-state index contributed by atoms with van der Waals surface area (Å²) in [5.41, 5.74) is 3.02. The summed E-state index contributed by atoms with van der Waals surface area (Å²) in [6.45, 7) is 2.80. The van der Waals surface area contributed by atoms with Crippen molar-refractivity contribution in [1.82, 2.24) is 9.88 Å². The molecule has 1 fully saturated rings. The van der Waals surface area contributed by atoms with Gasteiger partial charge in [0.15, 0.2) is 0 Å². The van der Waals surface area contributed by atoms with Crippen LogP contribution < -0.4 is 13.9 Å².